The second-order valence-electron chi connectivity index (χ2n) is 6.31. The quantitative estimate of drug-likeness (QED) is 0.707. The maximum absolute atomic E-state index is 13.3. The third-order valence-corrected chi connectivity index (χ3v) is 6.51. The minimum absolute atomic E-state index is 0. The van der Waals surface area contributed by atoms with E-state index in [0.29, 0.717) is 37.6 Å². The molecule has 0 N–H and O–H groups in total. The van der Waals surface area contributed by atoms with Gasteiger partial charge in [0.1, 0.15) is 5.82 Å². The second-order valence-corrected chi connectivity index (χ2v) is 8.25. The summed E-state index contributed by atoms with van der Waals surface area (Å²) in [4.78, 5) is 2.50. The largest absolute Gasteiger partial charge is 1.00 e. The third-order valence-electron chi connectivity index (χ3n) is 4.60. The first kappa shape index (κ1) is 20.8. The van der Waals surface area contributed by atoms with Crippen LogP contribution < -0.4 is 12.4 Å². The van der Waals surface area contributed by atoms with Gasteiger partial charge in [-0.2, -0.15) is 4.31 Å². The van der Waals surface area contributed by atoms with Crippen molar-refractivity contribution in [3.63, 3.8) is 0 Å². The van der Waals surface area contributed by atoms with Gasteiger partial charge in [0.2, 0.25) is 10.0 Å². The molecule has 0 saturated carbocycles. The lowest BCUT2D eigenvalue weighted by Gasteiger charge is -2.34. The molecule has 0 aromatic heterocycles. The van der Waals surface area contributed by atoms with Gasteiger partial charge in [-0.1, -0.05) is 31.2 Å². The maximum Gasteiger partial charge on any atom is 0.243 e. The Hall–Kier alpha value is -1.47. The highest BCUT2D eigenvalue weighted by atomic mass is 35.5. The van der Waals surface area contributed by atoms with E-state index in [1.807, 2.05) is 25.1 Å². The summed E-state index contributed by atoms with van der Waals surface area (Å²) >= 11 is 0. The number of sulfonamides is 1. The van der Waals surface area contributed by atoms with Gasteiger partial charge >= 0.3 is 0 Å². The first-order valence-electron chi connectivity index (χ1n) is 8.55. The zero-order chi connectivity index (χ0) is 17.9. The number of hydrogen-bond acceptors (Lipinski definition) is 3. The van der Waals surface area contributed by atoms with Gasteiger partial charge in [-0.25, -0.2) is 12.8 Å². The van der Waals surface area contributed by atoms with E-state index in [-0.39, 0.29) is 18.2 Å². The van der Waals surface area contributed by atoms with E-state index >= 15 is 0 Å². The van der Waals surface area contributed by atoms with Crippen LogP contribution in [0.5, 0.6) is 0 Å². The Morgan fingerprint density at radius 3 is 2.19 bits per heavy atom. The fourth-order valence-electron chi connectivity index (χ4n) is 3.07. The molecule has 0 atom stereocenters. The Labute approximate surface area is 161 Å². The van der Waals surface area contributed by atoms with Crippen LogP contribution >= 0.6 is 0 Å². The van der Waals surface area contributed by atoms with Crippen LogP contribution in [0.2, 0.25) is 0 Å². The van der Waals surface area contributed by atoms with Crippen molar-refractivity contribution in [1.29, 1.82) is 0 Å². The smallest absolute Gasteiger partial charge is 0.243 e. The fourth-order valence-corrected chi connectivity index (χ4v) is 4.49. The van der Waals surface area contributed by atoms with E-state index < -0.39 is 10.0 Å². The number of aryl methyl sites for hydroxylation is 1. The van der Waals surface area contributed by atoms with Crippen molar-refractivity contribution >= 4 is 10.0 Å². The topological polar surface area (TPSA) is 40.6 Å². The standard InChI is InChI=1S/C19H23FN2O2S.ClH/c1-2-16-6-8-19(9-7-16)25(23,24)22-12-10-21(11-13-22)15-17-4-3-5-18(20)14-17;/h3-9,14H,2,10-13,15H2,1H3;1H/p-1. The zero-order valence-electron chi connectivity index (χ0n) is 14.7. The molecule has 0 spiro atoms. The molecule has 4 nitrogen and oxygen atoms in total. The van der Waals surface area contributed by atoms with Crippen LogP contribution in [0.25, 0.3) is 0 Å². The number of halogens is 2. The summed E-state index contributed by atoms with van der Waals surface area (Å²) in [5.74, 6) is -0.241. The predicted octanol–water partition coefficient (Wildman–Crippen LogP) is -0.101. The van der Waals surface area contributed by atoms with Crippen molar-refractivity contribution in [3.8, 4) is 0 Å². The van der Waals surface area contributed by atoms with Crippen molar-refractivity contribution in [1.82, 2.24) is 9.21 Å². The van der Waals surface area contributed by atoms with Crippen molar-refractivity contribution in [2.75, 3.05) is 26.2 Å². The molecule has 2 aromatic rings. The second kappa shape index (κ2) is 8.95. The number of rotatable bonds is 5. The van der Waals surface area contributed by atoms with Crippen LogP contribution in [0.3, 0.4) is 0 Å². The number of nitrogens with zero attached hydrogens (tertiary/aromatic N) is 2. The fraction of sp³-hybridized carbons (Fsp3) is 0.368. The van der Waals surface area contributed by atoms with Crippen LogP contribution in [0, 0.1) is 5.82 Å². The number of benzene rings is 2. The molecule has 0 aliphatic carbocycles. The summed E-state index contributed by atoms with van der Waals surface area (Å²) < 4.78 is 40.3. The van der Waals surface area contributed by atoms with Gasteiger partial charge in [0.15, 0.2) is 0 Å². The number of hydrogen-bond donors (Lipinski definition) is 0. The van der Waals surface area contributed by atoms with Gasteiger partial charge in [0.05, 0.1) is 4.90 Å². The van der Waals surface area contributed by atoms with Gasteiger partial charge in [0, 0.05) is 32.7 Å². The van der Waals surface area contributed by atoms with Gasteiger partial charge in [-0.05, 0) is 41.8 Å². The molecule has 1 aliphatic heterocycles. The lowest BCUT2D eigenvalue weighted by molar-refractivity contribution is -0.00000846. The van der Waals surface area contributed by atoms with Crippen LogP contribution in [0.15, 0.2) is 53.4 Å². The lowest BCUT2D eigenvalue weighted by atomic mass is 10.2. The molecule has 1 fully saturated rings. The van der Waals surface area contributed by atoms with Crippen molar-refractivity contribution in [2.24, 2.45) is 0 Å². The molecule has 142 valence electrons. The molecule has 7 heteroatoms. The molecule has 1 saturated heterocycles. The first-order valence-corrected chi connectivity index (χ1v) is 9.99. The third kappa shape index (κ3) is 4.82. The van der Waals surface area contributed by atoms with Gasteiger partial charge < -0.3 is 12.4 Å². The molecule has 0 bridgehead atoms. The summed E-state index contributed by atoms with van der Waals surface area (Å²) in [7, 11) is -3.44. The monoisotopic (exact) mass is 397 g/mol. The van der Waals surface area contributed by atoms with E-state index in [1.165, 1.54) is 16.4 Å². The SMILES string of the molecule is CCc1ccc(S(=O)(=O)N2CCN(Cc3cccc(F)c3)CC2)cc1.[Cl-]. The molecule has 26 heavy (non-hydrogen) atoms. The van der Waals surface area contributed by atoms with Crippen molar-refractivity contribution < 1.29 is 25.2 Å². The van der Waals surface area contributed by atoms with E-state index in [9.17, 15) is 12.8 Å². The highest BCUT2D eigenvalue weighted by Gasteiger charge is 2.28. The Kier molecular flexibility index (Phi) is 7.17. The average molecular weight is 398 g/mol. The van der Waals surface area contributed by atoms with E-state index in [0.717, 1.165) is 17.5 Å². The molecular weight excluding hydrogens is 375 g/mol. The Morgan fingerprint density at radius 1 is 0.962 bits per heavy atom. The normalized spacial score (nSPS) is 16.2. The molecule has 1 aliphatic rings. The van der Waals surface area contributed by atoms with Crippen molar-refractivity contribution in [2.45, 2.75) is 24.8 Å². The Balaban J connectivity index is 0.00000243. The Bertz CT molecular complexity index is 820. The maximum atomic E-state index is 13.3. The van der Waals surface area contributed by atoms with Gasteiger partial charge in [-0.15, -0.1) is 0 Å². The summed E-state index contributed by atoms with van der Waals surface area (Å²) in [5, 5.41) is 0. The molecule has 0 unspecified atom stereocenters. The molecule has 1 heterocycles. The first-order chi connectivity index (χ1) is 12.0. The molecular formula is C19H23ClFN2O2S-. The Morgan fingerprint density at radius 2 is 1.62 bits per heavy atom. The van der Waals surface area contributed by atoms with E-state index in [4.69, 9.17) is 0 Å². The zero-order valence-corrected chi connectivity index (χ0v) is 16.3. The van der Waals surface area contributed by atoms with Crippen molar-refractivity contribution in [3.05, 3.63) is 65.5 Å². The summed E-state index contributed by atoms with van der Waals surface area (Å²) in [5.41, 5.74) is 2.03. The molecule has 3 rings (SSSR count). The minimum atomic E-state index is -3.44. The van der Waals surface area contributed by atoms with Crippen LogP contribution in [-0.2, 0) is 23.0 Å². The van der Waals surface area contributed by atoms with Crippen LogP contribution in [0.1, 0.15) is 18.1 Å². The van der Waals surface area contributed by atoms with Gasteiger partial charge in [-0.3, -0.25) is 4.90 Å². The van der Waals surface area contributed by atoms with E-state index in [2.05, 4.69) is 4.90 Å². The van der Waals surface area contributed by atoms with Crippen LogP contribution in [-0.4, -0.2) is 43.8 Å². The van der Waals surface area contributed by atoms with Gasteiger partial charge in [0.25, 0.3) is 0 Å². The highest BCUT2D eigenvalue weighted by Crippen LogP contribution is 2.19. The predicted molar refractivity (Wildman–Crippen MR) is 96.3 cm³/mol. The number of piperazine rings is 1. The molecule has 2 aromatic carbocycles. The summed E-state index contributed by atoms with van der Waals surface area (Å²) in [6.45, 7) is 4.87. The highest BCUT2D eigenvalue weighted by molar-refractivity contribution is 7.89. The lowest BCUT2D eigenvalue weighted by Crippen LogP contribution is -3.00. The van der Waals surface area contributed by atoms with E-state index in [1.54, 1.807) is 18.2 Å². The summed E-state index contributed by atoms with van der Waals surface area (Å²) in [6, 6.07) is 13.7. The minimum Gasteiger partial charge on any atom is -1.00 e. The average Bonchev–Trinajstić information content (AvgIpc) is 2.62. The molecule has 0 radical (unpaired) electrons. The summed E-state index contributed by atoms with van der Waals surface area (Å²) in [6.07, 6.45) is 0.888. The molecule has 0 amide bonds. The van der Waals surface area contributed by atoms with Crippen LogP contribution in [0.4, 0.5) is 4.39 Å².